The third kappa shape index (κ3) is 5.24. The molecule has 0 atom stereocenters. The van der Waals surface area contributed by atoms with E-state index in [0.717, 1.165) is 28.5 Å². The molecule has 0 spiro atoms. The van der Waals surface area contributed by atoms with Gasteiger partial charge in [0, 0.05) is 44.0 Å². The van der Waals surface area contributed by atoms with E-state index in [1.807, 2.05) is 37.2 Å². The number of anilines is 4. The lowest BCUT2D eigenvalue weighted by molar-refractivity contribution is 0.574. The fraction of sp³-hybridized carbons (Fsp3) is 0.238. The van der Waals surface area contributed by atoms with Crippen LogP contribution >= 0.6 is 11.3 Å². The maximum Gasteiger partial charge on any atom is 0.233 e. The second-order valence-electron chi connectivity index (χ2n) is 7.06. The highest BCUT2D eigenvalue weighted by Gasteiger charge is 2.12. The number of hydrogen-bond acceptors (Lipinski definition) is 9. The van der Waals surface area contributed by atoms with Crippen LogP contribution in [0.1, 0.15) is 5.56 Å². The molecule has 4 rings (SSSR count). The Bertz CT molecular complexity index is 1220. The molecule has 3 N–H and O–H groups in total. The number of aromatic nitrogens is 4. The van der Waals surface area contributed by atoms with Gasteiger partial charge in [0.05, 0.1) is 15.7 Å². The summed E-state index contributed by atoms with van der Waals surface area (Å²) in [5.74, 6) is -0.175. The van der Waals surface area contributed by atoms with Crippen molar-refractivity contribution in [3.8, 4) is 0 Å². The first kappa shape index (κ1) is 21.8. The van der Waals surface area contributed by atoms with E-state index in [0.29, 0.717) is 24.0 Å². The number of halogens is 2. The molecular formula is C21H22F2N8S. The molecular weight excluding hydrogens is 434 g/mol. The topological polar surface area (TPSA) is 90.9 Å². The summed E-state index contributed by atoms with van der Waals surface area (Å²) in [6.07, 6.45) is 0. The van der Waals surface area contributed by atoms with Crippen molar-refractivity contribution in [2.24, 2.45) is 0 Å². The van der Waals surface area contributed by atoms with Gasteiger partial charge in [0.2, 0.25) is 17.8 Å². The molecule has 0 amide bonds. The van der Waals surface area contributed by atoms with Gasteiger partial charge >= 0.3 is 0 Å². The minimum absolute atomic E-state index is 0.0993. The van der Waals surface area contributed by atoms with E-state index >= 15 is 0 Å². The molecule has 0 aliphatic carbocycles. The predicted octanol–water partition coefficient (Wildman–Crippen LogP) is 3.77. The van der Waals surface area contributed by atoms with E-state index in [2.05, 4.69) is 35.9 Å². The van der Waals surface area contributed by atoms with Crippen molar-refractivity contribution < 1.29 is 8.78 Å². The third-order valence-corrected chi connectivity index (χ3v) is 5.49. The number of nitrogens with zero attached hydrogens (tertiary/aromatic N) is 5. The van der Waals surface area contributed by atoms with Crippen LogP contribution in [0.2, 0.25) is 0 Å². The molecule has 4 aromatic rings. The average Bonchev–Trinajstić information content (AvgIpc) is 3.24. The standard InChI is InChI=1S/C21H22F2N8S/c1-24-7-8-31(2)21-29-19(25-11-13-3-4-14(22)9-16(13)23)28-20(30-21)27-15-5-6-17-18(10-15)32-12-26-17/h3-6,9-10,12,24H,7-8,11H2,1-2H3,(H2,25,27,28,29,30). The summed E-state index contributed by atoms with van der Waals surface area (Å²) in [7, 11) is 3.75. The molecule has 0 fully saturated rings. The zero-order chi connectivity index (χ0) is 22.5. The van der Waals surface area contributed by atoms with E-state index in [-0.39, 0.29) is 12.5 Å². The Kier molecular flexibility index (Phi) is 6.66. The van der Waals surface area contributed by atoms with Crippen molar-refractivity contribution in [3.63, 3.8) is 0 Å². The smallest absolute Gasteiger partial charge is 0.233 e. The van der Waals surface area contributed by atoms with Gasteiger partial charge in [0.25, 0.3) is 0 Å². The lowest BCUT2D eigenvalue weighted by atomic mass is 10.2. The number of rotatable bonds is 9. The Morgan fingerprint density at radius 1 is 1.03 bits per heavy atom. The second kappa shape index (κ2) is 9.79. The quantitative estimate of drug-likeness (QED) is 0.351. The number of hydrogen-bond donors (Lipinski definition) is 3. The first-order chi connectivity index (χ1) is 15.5. The molecule has 166 valence electrons. The highest BCUT2D eigenvalue weighted by atomic mass is 32.1. The van der Waals surface area contributed by atoms with E-state index in [4.69, 9.17) is 0 Å². The maximum atomic E-state index is 14.0. The fourth-order valence-corrected chi connectivity index (χ4v) is 3.67. The summed E-state index contributed by atoms with van der Waals surface area (Å²) in [6.45, 7) is 1.53. The average molecular weight is 457 g/mol. The Labute approximate surface area is 187 Å². The Hall–Kier alpha value is -3.44. The van der Waals surface area contributed by atoms with E-state index < -0.39 is 11.6 Å². The predicted molar refractivity (Wildman–Crippen MR) is 124 cm³/mol. The second-order valence-corrected chi connectivity index (χ2v) is 7.94. The van der Waals surface area contributed by atoms with Crippen molar-refractivity contribution in [1.29, 1.82) is 0 Å². The minimum atomic E-state index is -0.630. The summed E-state index contributed by atoms with van der Waals surface area (Å²) < 4.78 is 28.2. The van der Waals surface area contributed by atoms with Crippen LogP contribution in [0.25, 0.3) is 10.2 Å². The van der Waals surface area contributed by atoms with Gasteiger partial charge in [-0.15, -0.1) is 11.3 Å². The van der Waals surface area contributed by atoms with Crippen LogP contribution in [-0.4, -0.2) is 47.1 Å². The summed E-state index contributed by atoms with van der Waals surface area (Å²) in [6, 6.07) is 9.25. The molecule has 11 heteroatoms. The Morgan fingerprint density at radius 3 is 2.69 bits per heavy atom. The van der Waals surface area contributed by atoms with Gasteiger partial charge in [-0.1, -0.05) is 6.07 Å². The highest BCUT2D eigenvalue weighted by Crippen LogP contribution is 2.24. The SMILES string of the molecule is CNCCN(C)c1nc(NCc2ccc(F)cc2F)nc(Nc2ccc3ncsc3c2)n1. The molecule has 0 unspecified atom stereocenters. The monoisotopic (exact) mass is 456 g/mol. The van der Waals surface area contributed by atoms with Crippen LogP contribution in [-0.2, 0) is 6.54 Å². The van der Waals surface area contributed by atoms with Gasteiger partial charge in [0.1, 0.15) is 11.6 Å². The summed E-state index contributed by atoms with van der Waals surface area (Å²) in [4.78, 5) is 19.6. The third-order valence-electron chi connectivity index (χ3n) is 4.70. The van der Waals surface area contributed by atoms with E-state index in [9.17, 15) is 8.78 Å². The normalized spacial score (nSPS) is 11.0. The summed E-state index contributed by atoms with van der Waals surface area (Å²) >= 11 is 1.55. The van der Waals surface area contributed by atoms with Gasteiger partial charge in [0.15, 0.2) is 0 Å². The number of fused-ring (bicyclic) bond motifs is 1. The van der Waals surface area contributed by atoms with Crippen LogP contribution in [0, 0.1) is 11.6 Å². The number of nitrogens with one attached hydrogen (secondary N) is 3. The van der Waals surface area contributed by atoms with Gasteiger partial charge in [-0.3, -0.25) is 0 Å². The molecule has 0 radical (unpaired) electrons. The van der Waals surface area contributed by atoms with Crippen LogP contribution in [0.5, 0.6) is 0 Å². The Balaban J connectivity index is 1.59. The van der Waals surface area contributed by atoms with Crippen molar-refractivity contribution in [3.05, 3.63) is 59.1 Å². The van der Waals surface area contributed by atoms with Gasteiger partial charge in [-0.05, 0) is 31.3 Å². The van der Waals surface area contributed by atoms with Gasteiger partial charge in [-0.2, -0.15) is 15.0 Å². The molecule has 0 aliphatic rings. The molecule has 0 saturated carbocycles. The largest absolute Gasteiger partial charge is 0.350 e. The first-order valence-corrected chi connectivity index (χ1v) is 10.8. The first-order valence-electron chi connectivity index (χ1n) is 9.92. The molecule has 0 bridgehead atoms. The zero-order valence-electron chi connectivity index (χ0n) is 17.6. The minimum Gasteiger partial charge on any atom is -0.350 e. The molecule has 2 heterocycles. The molecule has 8 nitrogen and oxygen atoms in total. The number of likely N-dealkylation sites (N-methyl/N-ethyl adjacent to an activating group) is 2. The van der Waals surface area contributed by atoms with Crippen molar-refractivity contribution in [2.45, 2.75) is 6.54 Å². The van der Waals surface area contributed by atoms with E-state index in [1.54, 1.807) is 16.8 Å². The maximum absolute atomic E-state index is 14.0. The number of thiazole rings is 1. The molecule has 32 heavy (non-hydrogen) atoms. The van der Waals surface area contributed by atoms with Crippen LogP contribution in [0.3, 0.4) is 0 Å². The van der Waals surface area contributed by atoms with Crippen molar-refractivity contribution in [2.75, 3.05) is 42.7 Å². The lowest BCUT2D eigenvalue weighted by Crippen LogP contribution is -2.29. The molecule has 0 aliphatic heterocycles. The molecule has 2 aromatic heterocycles. The lowest BCUT2D eigenvalue weighted by Gasteiger charge is -2.18. The van der Waals surface area contributed by atoms with Crippen LogP contribution in [0.4, 0.5) is 32.3 Å². The van der Waals surface area contributed by atoms with Crippen LogP contribution in [0.15, 0.2) is 41.9 Å². The molecule has 2 aromatic carbocycles. The summed E-state index contributed by atoms with van der Waals surface area (Å²) in [5.41, 5.74) is 3.84. The van der Waals surface area contributed by atoms with E-state index in [1.165, 1.54) is 12.1 Å². The summed E-state index contributed by atoms with van der Waals surface area (Å²) in [5, 5.41) is 9.30. The van der Waals surface area contributed by atoms with Gasteiger partial charge in [-0.25, -0.2) is 13.8 Å². The van der Waals surface area contributed by atoms with Gasteiger partial charge < -0.3 is 20.9 Å². The molecule has 0 saturated heterocycles. The number of benzene rings is 2. The van der Waals surface area contributed by atoms with Crippen LogP contribution < -0.4 is 20.9 Å². The van der Waals surface area contributed by atoms with Crippen molar-refractivity contribution in [1.82, 2.24) is 25.3 Å². The van der Waals surface area contributed by atoms with Crippen molar-refractivity contribution >= 4 is 45.1 Å². The highest BCUT2D eigenvalue weighted by molar-refractivity contribution is 7.16. The fourth-order valence-electron chi connectivity index (χ4n) is 2.95. The zero-order valence-corrected chi connectivity index (χ0v) is 18.4. The Morgan fingerprint density at radius 2 is 1.88 bits per heavy atom.